The van der Waals surface area contributed by atoms with Crippen LogP contribution in [-0.4, -0.2) is 21.7 Å². The van der Waals surface area contributed by atoms with Crippen molar-refractivity contribution in [3.63, 3.8) is 0 Å². The summed E-state index contributed by atoms with van der Waals surface area (Å²) >= 11 is 0. The minimum absolute atomic E-state index is 0.0482. The van der Waals surface area contributed by atoms with Crippen molar-refractivity contribution in [1.82, 2.24) is 4.57 Å². The van der Waals surface area contributed by atoms with Gasteiger partial charge in [0, 0.05) is 34.8 Å². The molecule has 0 saturated heterocycles. The Balaban J connectivity index is 1.89. The Morgan fingerprint density at radius 1 is 1.22 bits per heavy atom. The molecule has 18 heavy (non-hydrogen) atoms. The fourth-order valence-electron chi connectivity index (χ4n) is 1.92. The van der Waals surface area contributed by atoms with Crippen LogP contribution in [0, 0.1) is 5.92 Å². The second kappa shape index (κ2) is 3.87. The summed E-state index contributed by atoms with van der Waals surface area (Å²) < 4.78 is 1.11. The molecule has 1 aliphatic carbocycles. The molecule has 0 spiro atoms. The van der Waals surface area contributed by atoms with E-state index < -0.39 is 6.09 Å². The summed E-state index contributed by atoms with van der Waals surface area (Å²) in [5.74, 6) is 0.205. The van der Waals surface area contributed by atoms with Crippen molar-refractivity contribution in [2.75, 3.05) is 5.32 Å². The molecule has 0 aliphatic heterocycles. The van der Waals surface area contributed by atoms with Crippen molar-refractivity contribution in [3.05, 3.63) is 30.6 Å². The lowest BCUT2D eigenvalue weighted by atomic mass is 10.2. The number of rotatable bonds is 2. The highest BCUT2D eigenvalue weighted by atomic mass is 16.4. The van der Waals surface area contributed by atoms with Crippen molar-refractivity contribution >= 4 is 28.5 Å². The van der Waals surface area contributed by atoms with Crippen LogP contribution < -0.4 is 5.32 Å². The van der Waals surface area contributed by atoms with E-state index in [1.807, 2.05) is 0 Å². The molecule has 5 heteroatoms. The first-order valence-electron chi connectivity index (χ1n) is 5.79. The van der Waals surface area contributed by atoms with E-state index in [1.54, 1.807) is 24.4 Å². The summed E-state index contributed by atoms with van der Waals surface area (Å²) in [5, 5.41) is 13.3. The molecule has 0 bridgehead atoms. The number of amides is 1. The van der Waals surface area contributed by atoms with Gasteiger partial charge in [0.05, 0.1) is 0 Å². The number of nitrogens with one attached hydrogen (secondary N) is 1. The molecule has 2 aromatic rings. The summed E-state index contributed by atoms with van der Waals surface area (Å²) in [4.78, 5) is 22.4. The van der Waals surface area contributed by atoms with E-state index in [1.165, 1.54) is 6.20 Å². The predicted molar refractivity (Wildman–Crippen MR) is 66.7 cm³/mol. The van der Waals surface area contributed by atoms with Crippen molar-refractivity contribution in [1.29, 1.82) is 0 Å². The number of carbonyl (C=O) groups excluding carboxylic acids is 1. The average Bonchev–Trinajstić information content (AvgIpc) is 3.09. The van der Waals surface area contributed by atoms with Crippen LogP contribution in [0.2, 0.25) is 0 Å². The van der Waals surface area contributed by atoms with Gasteiger partial charge < -0.3 is 10.4 Å². The maximum Gasteiger partial charge on any atom is 0.415 e. The van der Waals surface area contributed by atoms with Crippen LogP contribution >= 0.6 is 0 Å². The minimum atomic E-state index is -1.02. The van der Waals surface area contributed by atoms with E-state index in [4.69, 9.17) is 5.11 Å². The van der Waals surface area contributed by atoms with E-state index in [-0.39, 0.29) is 11.8 Å². The molecule has 1 aromatic heterocycles. The second-order valence-corrected chi connectivity index (χ2v) is 4.56. The van der Waals surface area contributed by atoms with E-state index >= 15 is 0 Å². The number of aromatic nitrogens is 1. The van der Waals surface area contributed by atoms with Crippen LogP contribution in [0.4, 0.5) is 10.5 Å². The predicted octanol–water partition coefficient (Wildman–Crippen LogP) is 2.52. The Morgan fingerprint density at radius 3 is 2.61 bits per heavy atom. The zero-order valence-corrected chi connectivity index (χ0v) is 9.59. The first kappa shape index (κ1) is 10.8. The highest BCUT2D eigenvalue weighted by Crippen LogP contribution is 2.30. The Labute approximate surface area is 103 Å². The number of hydrogen-bond acceptors (Lipinski definition) is 2. The standard InChI is InChI=1S/C13H12N2O3/c16-12(8-1-2-8)14-11-4-3-9-6-15(13(17)18)7-10(9)5-11/h3-8H,1-2H2,(H,14,16)(H,17,18). The van der Waals surface area contributed by atoms with Crippen molar-refractivity contribution < 1.29 is 14.7 Å². The molecule has 5 nitrogen and oxygen atoms in total. The molecule has 0 atom stereocenters. The molecule has 1 heterocycles. The topological polar surface area (TPSA) is 71.3 Å². The maximum absolute atomic E-state index is 11.6. The number of benzene rings is 1. The molecule has 1 amide bonds. The molecule has 1 fully saturated rings. The highest BCUT2D eigenvalue weighted by Gasteiger charge is 2.29. The summed E-state index contributed by atoms with van der Waals surface area (Å²) in [6.45, 7) is 0. The molecule has 92 valence electrons. The van der Waals surface area contributed by atoms with Crippen molar-refractivity contribution in [2.24, 2.45) is 5.92 Å². The molecule has 1 saturated carbocycles. The molecule has 1 aromatic carbocycles. The molecule has 0 unspecified atom stereocenters. The van der Waals surface area contributed by atoms with E-state index in [9.17, 15) is 9.59 Å². The first-order chi connectivity index (χ1) is 8.63. The van der Waals surface area contributed by atoms with Gasteiger partial charge in [-0.3, -0.25) is 9.36 Å². The van der Waals surface area contributed by atoms with Gasteiger partial charge in [-0.2, -0.15) is 0 Å². The number of hydrogen-bond donors (Lipinski definition) is 2. The van der Waals surface area contributed by atoms with E-state index in [0.29, 0.717) is 5.69 Å². The van der Waals surface area contributed by atoms with Crippen LogP contribution in [0.15, 0.2) is 30.6 Å². The molecule has 2 N–H and O–H groups in total. The Bertz CT molecular complexity index is 641. The lowest BCUT2D eigenvalue weighted by Gasteiger charge is -2.03. The van der Waals surface area contributed by atoms with E-state index in [2.05, 4.69) is 5.32 Å². The van der Waals surface area contributed by atoms with Gasteiger partial charge in [-0.1, -0.05) is 6.07 Å². The molecule has 0 radical (unpaired) electrons. The van der Waals surface area contributed by atoms with Gasteiger partial charge >= 0.3 is 6.09 Å². The summed E-state index contributed by atoms with van der Waals surface area (Å²) in [7, 11) is 0. The maximum atomic E-state index is 11.6. The van der Waals surface area contributed by atoms with Gasteiger partial charge in [0.15, 0.2) is 0 Å². The smallest absolute Gasteiger partial charge is 0.415 e. The lowest BCUT2D eigenvalue weighted by Crippen LogP contribution is -2.12. The van der Waals surface area contributed by atoms with Crippen LogP contribution in [0.3, 0.4) is 0 Å². The Morgan fingerprint density at radius 2 is 1.94 bits per heavy atom. The van der Waals surface area contributed by atoms with Crippen LogP contribution in [-0.2, 0) is 4.79 Å². The second-order valence-electron chi connectivity index (χ2n) is 4.56. The molecule has 1 aliphatic rings. The summed E-state index contributed by atoms with van der Waals surface area (Å²) in [5.41, 5.74) is 0.711. The summed E-state index contributed by atoms with van der Waals surface area (Å²) in [6.07, 6.45) is 3.98. The van der Waals surface area contributed by atoms with Crippen LogP contribution in [0.1, 0.15) is 12.8 Å². The van der Waals surface area contributed by atoms with Gasteiger partial charge in [0.25, 0.3) is 0 Å². The highest BCUT2D eigenvalue weighted by molar-refractivity contribution is 5.97. The van der Waals surface area contributed by atoms with Crippen LogP contribution in [0.25, 0.3) is 10.8 Å². The Hall–Kier alpha value is -2.30. The monoisotopic (exact) mass is 244 g/mol. The molecular formula is C13H12N2O3. The average molecular weight is 244 g/mol. The van der Waals surface area contributed by atoms with Crippen LogP contribution in [0.5, 0.6) is 0 Å². The molecular weight excluding hydrogens is 232 g/mol. The summed E-state index contributed by atoms with van der Waals surface area (Å²) in [6, 6.07) is 5.38. The van der Waals surface area contributed by atoms with Gasteiger partial charge in [0.2, 0.25) is 5.91 Å². The largest absolute Gasteiger partial charge is 0.464 e. The number of carboxylic acid groups (broad SMARTS) is 1. The normalized spacial score (nSPS) is 14.7. The number of anilines is 1. The third kappa shape index (κ3) is 1.95. The number of carbonyl (C=O) groups is 2. The fourth-order valence-corrected chi connectivity index (χ4v) is 1.92. The Kier molecular flexibility index (Phi) is 2.33. The SMILES string of the molecule is O=C(Nc1ccc2cn(C(=O)O)cc2c1)C1CC1. The fraction of sp³-hybridized carbons (Fsp3) is 0.231. The zero-order chi connectivity index (χ0) is 12.7. The number of fused-ring (bicyclic) bond motifs is 1. The quantitative estimate of drug-likeness (QED) is 0.852. The minimum Gasteiger partial charge on any atom is -0.464 e. The molecule has 3 rings (SSSR count). The van der Waals surface area contributed by atoms with Crippen molar-refractivity contribution in [2.45, 2.75) is 12.8 Å². The van der Waals surface area contributed by atoms with Gasteiger partial charge in [-0.05, 0) is 25.0 Å². The third-order valence-electron chi connectivity index (χ3n) is 3.08. The van der Waals surface area contributed by atoms with Gasteiger partial charge in [0.1, 0.15) is 0 Å². The first-order valence-corrected chi connectivity index (χ1v) is 5.79. The zero-order valence-electron chi connectivity index (χ0n) is 9.59. The number of nitrogens with zero attached hydrogens (tertiary/aromatic N) is 1. The third-order valence-corrected chi connectivity index (χ3v) is 3.08. The van der Waals surface area contributed by atoms with Gasteiger partial charge in [-0.25, -0.2) is 4.79 Å². The lowest BCUT2D eigenvalue weighted by molar-refractivity contribution is -0.117. The van der Waals surface area contributed by atoms with Gasteiger partial charge in [-0.15, -0.1) is 0 Å². The van der Waals surface area contributed by atoms with E-state index in [0.717, 1.165) is 28.2 Å². The van der Waals surface area contributed by atoms with Crippen molar-refractivity contribution in [3.8, 4) is 0 Å².